The SMILES string of the molecule is COc1ccc(-c2c3ccccc3cc3c2sc2ccccc23)cc1.COc1ccc(-c2c3ccccc3cc3c2sc2ccccc23)cc1. The first-order valence-corrected chi connectivity index (χ1v) is 18.3. The molecule has 0 saturated heterocycles. The summed E-state index contributed by atoms with van der Waals surface area (Å²) in [6.45, 7) is 0. The quantitative estimate of drug-likeness (QED) is 0.184. The van der Waals surface area contributed by atoms with Crippen molar-refractivity contribution in [1.82, 2.24) is 0 Å². The highest BCUT2D eigenvalue weighted by atomic mass is 32.1. The third-order valence-corrected chi connectivity index (χ3v) is 11.9. The van der Waals surface area contributed by atoms with E-state index in [4.69, 9.17) is 9.47 Å². The molecule has 10 aromatic rings. The monoisotopic (exact) mass is 680 g/mol. The molecule has 10 rings (SSSR count). The van der Waals surface area contributed by atoms with Gasteiger partial charge in [-0.3, -0.25) is 0 Å². The predicted octanol–water partition coefficient (Wildman–Crippen LogP) is 13.8. The van der Waals surface area contributed by atoms with E-state index >= 15 is 0 Å². The van der Waals surface area contributed by atoms with Crippen LogP contribution in [0.1, 0.15) is 0 Å². The zero-order valence-corrected chi connectivity index (χ0v) is 29.3. The number of rotatable bonds is 4. The molecular formula is C46H32O2S2. The van der Waals surface area contributed by atoms with Gasteiger partial charge in [-0.1, -0.05) is 109 Å². The zero-order valence-electron chi connectivity index (χ0n) is 27.6. The molecule has 240 valence electrons. The number of methoxy groups -OCH3 is 2. The van der Waals surface area contributed by atoms with Crippen LogP contribution < -0.4 is 9.47 Å². The van der Waals surface area contributed by atoms with Gasteiger partial charge in [-0.15, -0.1) is 22.7 Å². The molecule has 0 aliphatic heterocycles. The molecule has 4 heteroatoms. The Morgan fingerprint density at radius 3 is 1.12 bits per heavy atom. The molecule has 0 fully saturated rings. The van der Waals surface area contributed by atoms with Crippen LogP contribution in [0.2, 0.25) is 0 Å². The van der Waals surface area contributed by atoms with E-state index in [0.717, 1.165) is 11.5 Å². The van der Waals surface area contributed by atoms with Crippen LogP contribution in [0.3, 0.4) is 0 Å². The van der Waals surface area contributed by atoms with Crippen molar-refractivity contribution in [3.8, 4) is 33.8 Å². The summed E-state index contributed by atoms with van der Waals surface area (Å²) in [5.41, 5.74) is 5.09. The lowest BCUT2D eigenvalue weighted by Crippen LogP contribution is -1.85. The van der Waals surface area contributed by atoms with E-state index in [1.165, 1.54) is 84.1 Å². The van der Waals surface area contributed by atoms with E-state index in [1.54, 1.807) is 14.2 Å². The van der Waals surface area contributed by atoms with Crippen LogP contribution in [0, 0.1) is 0 Å². The Bertz CT molecular complexity index is 2630. The molecule has 2 aromatic heterocycles. The van der Waals surface area contributed by atoms with Crippen molar-refractivity contribution in [2.75, 3.05) is 14.2 Å². The number of hydrogen-bond acceptors (Lipinski definition) is 4. The van der Waals surface area contributed by atoms with Gasteiger partial charge in [0.15, 0.2) is 0 Å². The molecule has 2 heterocycles. The van der Waals surface area contributed by atoms with E-state index in [9.17, 15) is 0 Å². The van der Waals surface area contributed by atoms with E-state index in [2.05, 4.69) is 133 Å². The first-order valence-electron chi connectivity index (χ1n) is 16.6. The molecule has 0 aliphatic carbocycles. The fourth-order valence-corrected chi connectivity index (χ4v) is 9.66. The molecule has 0 aliphatic rings. The highest BCUT2D eigenvalue weighted by Crippen LogP contribution is 2.45. The molecule has 0 amide bonds. The molecule has 50 heavy (non-hydrogen) atoms. The fourth-order valence-electron chi connectivity index (χ4n) is 7.13. The number of ether oxygens (including phenoxy) is 2. The van der Waals surface area contributed by atoms with E-state index in [1.807, 2.05) is 46.9 Å². The Morgan fingerprint density at radius 2 is 0.720 bits per heavy atom. The molecule has 0 unspecified atom stereocenters. The van der Waals surface area contributed by atoms with Gasteiger partial charge < -0.3 is 9.47 Å². The number of thiophene rings is 2. The van der Waals surface area contributed by atoms with Crippen molar-refractivity contribution in [3.05, 3.63) is 158 Å². The topological polar surface area (TPSA) is 18.5 Å². The summed E-state index contributed by atoms with van der Waals surface area (Å²) < 4.78 is 16.0. The molecular weight excluding hydrogens is 649 g/mol. The average Bonchev–Trinajstić information content (AvgIpc) is 3.74. The fraction of sp³-hybridized carbons (Fsp3) is 0.0435. The Hall–Kier alpha value is -5.68. The summed E-state index contributed by atoms with van der Waals surface area (Å²) >= 11 is 3.75. The van der Waals surface area contributed by atoms with Gasteiger partial charge in [-0.25, -0.2) is 0 Å². The molecule has 0 bridgehead atoms. The second-order valence-corrected chi connectivity index (χ2v) is 14.5. The number of fused-ring (bicyclic) bond motifs is 8. The first kappa shape index (κ1) is 30.4. The van der Waals surface area contributed by atoms with Crippen molar-refractivity contribution in [3.63, 3.8) is 0 Å². The van der Waals surface area contributed by atoms with Crippen LogP contribution in [0.15, 0.2) is 158 Å². The molecule has 8 aromatic carbocycles. The van der Waals surface area contributed by atoms with Crippen LogP contribution in [-0.2, 0) is 0 Å². The van der Waals surface area contributed by atoms with Crippen molar-refractivity contribution in [1.29, 1.82) is 0 Å². The Morgan fingerprint density at radius 1 is 0.360 bits per heavy atom. The summed E-state index contributed by atoms with van der Waals surface area (Å²) in [5, 5.41) is 10.5. The second kappa shape index (κ2) is 12.6. The smallest absolute Gasteiger partial charge is 0.118 e. The van der Waals surface area contributed by atoms with Gasteiger partial charge in [-0.2, -0.15) is 0 Å². The predicted molar refractivity (Wildman–Crippen MR) is 218 cm³/mol. The van der Waals surface area contributed by atoms with Crippen molar-refractivity contribution in [2.24, 2.45) is 0 Å². The maximum Gasteiger partial charge on any atom is 0.118 e. The zero-order chi connectivity index (χ0) is 33.6. The first-order chi connectivity index (χ1) is 24.7. The van der Waals surface area contributed by atoms with Crippen molar-refractivity contribution in [2.45, 2.75) is 0 Å². The Balaban J connectivity index is 0.000000135. The highest BCUT2D eigenvalue weighted by Gasteiger charge is 2.16. The lowest BCUT2D eigenvalue weighted by molar-refractivity contribution is 0.415. The average molecular weight is 681 g/mol. The van der Waals surface area contributed by atoms with Gasteiger partial charge in [0.2, 0.25) is 0 Å². The van der Waals surface area contributed by atoms with Gasteiger partial charge in [0.05, 0.1) is 14.2 Å². The minimum absolute atomic E-state index is 0.886. The molecule has 0 atom stereocenters. The Kier molecular flexibility index (Phi) is 7.69. The largest absolute Gasteiger partial charge is 0.497 e. The molecule has 0 spiro atoms. The standard InChI is InChI=1S/2C23H16OS/c2*1-24-17-12-10-15(11-13-17)22-18-7-3-2-6-16(18)14-20-19-8-4-5-9-21(19)25-23(20)22/h2*2-14H,1H3. The van der Waals surface area contributed by atoms with Gasteiger partial charge in [0.25, 0.3) is 0 Å². The van der Waals surface area contributed by atoms with E-state index < -0.39 is 0 Å². The number of hydrogen-bond donors (Lipinski definition) is 0. The van der Waals surface area contributed by atoms with Crippen molar-refractivity contribution >= 4 is 84.6 Å². The highest BCUT2D eigenvalue weighted by molar-refractivity contribution is 7.26. The second-order valence-electron chi connectivity index (χ2n) is 12.4. The van der Waals surface area contributed by atoms with Crippen LogP contribution >= 0.6 is 22.7 Å². The summed E-state index contributed by atoms with van der Waals surface area (Å²) in [6.07, 6.45) is 0. The van der Waals surface area contributed by atoms with Crippen molar-refractivity contribution < 1.29 is 9.47 Å². The summed E-state index contributed by atoms with van der Waals surface area (Å²) in [4.78, 5) is 0. The normalized spacial score (nSPS) is 11.4. The van der Waals surface area contributed by atoms with Gasteiger partial charge in [-0.05, 0) is 81.2 Å². The number of benzene rings is 8. The minimum Gasteiger partial charge on any atom is -0.497 e. The maximum atomic E-state index is 5.33. The van der Waals surface area contributed by atoms with E-state index in [-0.39, 0.29) is 0 Å². The third-order valence-electron chi connectivity index (χ3n) is 9.54. The maximum absolute atomic E-state index is 5.33. The summed E-state index contributed by atoms with van der Waals surface area (Å²) in [5.74, 6) is 1.77. The lowest BCUT2D eigenvalue weighted by Gasteiger charge is -2.10. The Labute approximate surface area is 298 Å². The van der Waals surface area contributed by atoms with Gasteiger partial charge in [0, 0.05) is 51.5 Å². The minimum atomic E-state index is 0.886. The van der Waals surface area contributed by atoms with E-state index in [0.29, 0.717) is 0 Å². The van der Waals surface area contributed by atoms with Gasteiger partial charge >= 0.3 is 0 Å². The molecule has 2 nitrogen and oxygen atoms in total. The molecule has 0 N–H and O–H groups in total. The van der Waals surface area contributed by atoms with Crippen LogP contribution in [0.25, 0.3) is 84.1 Å². The van der Waals surface area contributed by atoms with Crippen LogP contribution in [0.4, 0.5) is 0 Å². The van der Waals surface area contributed by atoms with Crippen LogP contribution in [-0.4, -0.2) is 14.2 Å². The van der Waals surface area contributed by atoms with Gasteiger partial charge in [0.1, 0.15) is 11.5 Å². The van der Waals surface area contributed by atoms with Crippen LogP contribution in [0.5, 0.6) is 11.5 Å². The molecule has 0 radical (unpaired) electrons. The third kappa shape index (κ3) is 5.16. The summed E-state index contributed by atoms with van der Waals surface area (Å²) in [7, 11) is 3.41. The summed E-state index contributed by atoms with van der Waals surface area (Å²) in [6, 6.07) is 56.1. The lowest BCUT2D eigenvalue weighted by atomic mass is 9.95. The molecule has 0 saturated carbocycles.